The van der Waals surface area contributed by atoms with E-state index in [9.17, 15) is 18.5 Å². The molecule has 1 aliphatic heterocycles. The lowest BCUT2D eigenvalue weighted by Crippen LogP contribution is -2.42. The highest BCUT2D eigenvalue weighted by Crippen LogP contribution is 2.30. The maximum Gasteiger partial charge on any atom is 0.290 e. The second-order valence-corrected chi connectivity index (χ2v) is 6.95. The van der Waals surface area contributed by atoms with E-state index in [1.54, 1.807) is 0 Å². The van der Waals surface area contributed by atoms with Crippen molar-refractivity contribution in [3.63, 3.8) is 0 Å². The fourth-order valence-corrected chi connectivity index (χ4v) is 3.88. The van der Waals surface area contributed by atoms with Gasteiger partial charge in [-0.15, -0.1) is 12.4 Å². The minimum Gasteiger partial charge on any atom is -0.328 e. The normalized spacial score (nSPS) is 17.2. The van der Waals surface area contributed by atoms with Gasteiger partial charge < -0.3 is 5.73 Å². The number of piperidine rings is 1. The smallest absolute Gasteiger partial charge is 0.290 e. The van der Waals surface area contributed by atoms with Crippen LogP contribution in [0.5, 0.6) is 0 Å². The minimum absolute atomic E-state index is 0. The first kappa shape index (κ1) is 18.1. The van der Waals surface area contributed by atoms with Crippen molar-refractivity contribution in [1.29, 1.82) is 0 Å². The van der Waals surface area contributed by atoms with Gasteiger partial charge in [0.05, 0.1) is 4.92 Å². The molecule has 0 amide bonds. The molecule has 1 aromatic carbocycles. The fourth-order valence-electron chi connectivity index (χ4n) is 2.11. The zero-order valence-electron chi connectivity index (χ0n) is 10.9. The molecule has 1 aliphatic rings. The van der Waals surface area contributed by atoms with Gasteiger partial charge in [-0.3, -0.25) is 10.1 Å². The van der Waals surface area contributed by atoms with E-state index in [1.165, 1.54) is 16.4 Å². The first-order chi connectivity index (χ1) is 9.32. The molecule has 1 aromatic rings. The van der Waals surface area contributed by atoms with Crippen LogP contribution in [-0.4, -0.2) is 36.8 Å². The molecule has 1 fully saturated rings. The number of sulfonamides is 1. The number of nitro groups is 1. The van der Waals surface area contributed by atoms with Gasteiger partial charge in [-0.2, -0.15) is 4.31 Å². The van der Waals surface area contributed by atoms with Crippen LogP contribution in [0.4, 0.5) is 5.69 Å². The van der Waals surface area contributed by atoms with Gasteiger partial charge in [-0.1, -0.05) is 11.6 Å². The molecular formula is C11H15Cl2N3O4S. The van der Waals surface area contributed by atoms with Gasteiger partial charge in [0, 0.05) is 30.2 Å². The van der Waals surface area contributed by atoms with Crippen molar-refractivity contribution in [2.45, 2.75) is 23.8 Å². The largest absolute Gasteiger partial charge is 0.328 e. The first-order valence-corrected chi connectivity index (χ1v) is 7.84. The van der Waals surface area contributed by atoms with Crippen LogP contribution >= 0.6 is 24.0 Å². The third-order valence-electron chi connectivity index (χ3n) is 3.23. The molecule has 0 aliphatic carbocycles. The number of nitrogens with two attached hydrogens (primary N) is 1. The van der Waals surface area contributed by atoms with E-state index >= 15 is 0 Å². The molecule has 21 heavy (non-hydrogen) atoms. The Kier molecular flexibility index (Phi) is 5.94. The number of hydrogen-bond acceptors (Lipinski definition) is 5. The number of benzene rings is 1. The molecule has 10 heteroatoms. The lowest BCUT2D eigenvalue weighted by molar-refractivity contribution is -0.387. The summed E-state index contributed by atoms with van der Waals surface area (Å²) in [6.45, 7) is 0.534. The lowest BCUT2D eigenvalue weighted by Gasteiger charge is -2.29. The Bertz CT molecular complexity index is 630. The zero-order chi connectivity index (χ0) is 14.9. The standard InChI is InChI=1S/C11H14ClN3O4S.ClH/c12-8-1-2-11(10(7-8)15(16)17)20(18,19)14-5-3-9(13)4-6-14;/h1-2,7,9H,3-6,13H2;1H. The Labute approximate surface area is 133 Å². The number of nitrogens with zero attached hydrogens (tertiary/aromatic N) is 2. The van der Waals surface area contributed by atoms with E-state index in [0.717, 1.165) is 6.07 Å². The topological polar surface area (TPSA) is 107 Å². The predicted octanol–water partition coefficient (Wildman–Crippen LogP) is 1.78. The van der Waals surface area contributed by atoms with Crippen molar-refractivity contribution < 1.29 is 13.3 Å². The monoisotopic (exact) mass is 355 g/mol. The lowest BCUT2D eigenvalue weighted by atomic mass is 10.1. The number of nitro benzene ring substituents is 1. The van der Waals surface area contributed by atoms with E-state index in [0.29, 0.717) is 12.8 Å². The maximum absolute atomic E-state index is 12.5. The zero-order valence-corrected chi connectivity index (χ0v) is 13.3. The molecule has 1 saturated heterocycles. The van der Waals surface area contributed by atoms with Crippen molar-refractivity contribution in [2.24, 2.45) is 5.73 Å². The van der Waals surface area contributed by atoms with E-state index in [2.05, 4.69) is 0 Å². The van der Waals surface area contributed by atoms with Gasteiger partial charge in [0.15, 0.2) is 4.90 Å². The minimum atomic E-state index is -3.90. The van der Waals surface area contributed by atoms with Gasteiger partial charge in [0.25, 0.3) is 5.69 Å². The average molecular weight is 356 g/mol. The summed E-state index contributed by atoms with van der Waals surface area (Å²) in [6.07, 6.45) is 1.08. The summed E-state index contributed by atoms with van der Waals surface area (Å²) < 4.78 is 26.2. The van der Waals surface area contributed by atoms with Crippen LogP contribution < -0.4 is 5.73 Å². The number of halogens is 2. The van der Waals surface area contributed by atoms with Gasteiger partial charge in [0.1, 0.15) is 0 Å². The van der Waals surface area contributed by atoms with Crippen molar-refractivity contribution in [3.05, 3.63) is 33.3 Å². The summed E-state index contributed by atoms with van der Waals surface area (Å²) in [5.41, 5.74) is 5.22. The Morgan fingerprint density at radius 2 is 1.90 bits per heavy atom. The second kappa shape index (κ2) is 6.89. The Morgan fingerprint density at radius 1 is 1.33 bits per heavy atom. The highest BCUT2D eigenvalue weighted by molar-refractivity contribution is 7.89. The van der Waals surface area contributed by atoms with Crippen LogP contribution in [0.25, 0.3) is 0 Å². The summed E-state index contributed by atoms with van der Waals surface area (Å²) >= 11 is 5.69. The highest BCUT2D eigenvalue weighted by Gasteiger charge is 2.33. The number of hydrogen-bond donors (Lipinski definition) is 1. The molecule has 0 unspecified atom stereocenters. The summed E-state index contributed by atoms with van der Waals surface area (Å²) in [4.78, 5) is 9.93. The van der Waals surface area contributed by atoms with Gasteiger partial charge in [0.2, 0.25) is 10.0 Å². The van der Waals surface area contributed by atoms with E-state index < -0.39 is 20.6 Å². The SMILES string of the molecule is Cl.NC1CCN(S(=O)(=O)c2ccc(Cl)cc2[N+](=O)[O-])CC1. The molecule has 0 radical (unpaired) electrons. The molecule has 0 saturated carbocycles. The van der Waals surface area contributed by atoms with E-state index in [4.69, 9.17) is 17.3 Å². The number of rotatable bonds is 3. The Balaban J connectivity index is 0.00000220. The molecular weight excluding hydrogens is 341 g/mol. The third-order valence-corrected chi connectivity index (χ3v) is 5.42. The summed E-state index contributed by atoms with van der Waals surface area (Å²) in [7, 11) is -3.90. The first-order valence-electron chi connectivity index (χ1n) is 6.02. The van der Waals surface area contributed by atoms with Gasteiger partial charge >= 0.3 is 0 Å². The molecule has 1 heterocycles. The maximum atomic E-state index is 12.5. The molecule has 118 valence electrons. The highest BCUT2D eigenvalue weighted by atomic mass is 35.5. The molecule has 0 atom stereocenters. The summed E-state index contributed by atoms with van der Waals surface area (Å²) in [5, 5.41) is 11.1. The Morgan fingerprint density at radius 3 is 2.43 bits per heavy atom. The van der Waals surface area contributed by atoms with Crippen LogP contribution in [0.3, 0.4) is 0 Å². The molecule has 0 spiro atoms. The van der Waals surface area contributed by atoms with Crippen LogP contribution in [0.15, 0.2) is 23.1 Å². The fraction of sp³-hybridized carbons (Fsp3) is 0.455. The van der Waals surface area contributed by atoms with Crippen molar-refractivity contribution in [2.75, 3.05) is 13.1 Å². The van der Waals surface area contributed by atoms with Crippen LogP contribution in [0, 0.1) is 10.1 Å². The third kappa shape index (κ3) is 3.83. The molecule has 7 nitrogen and oxygen atoms in total. The van der Waals surface area contributed by atoms with Crippen molar-refractivity contribution in [3.8, 4) is 0 Å². The molecule has 0 aromatic heterocycles. The van der Waals surface area contributed by atoms with Crippen molar-refractivity contribution in [1.82, 2.24) is 4.31 Å². The molecule has 0 bridgehead atoms. The average Bonchev–Trinajstić information content (AvgIpc) is 2.38. The van der Waals surface area contributed by atoms with Crippen LogP contribution in [0.1, 0.15) is 12.8 Å². The van der Waals surface area contributed by atoms with E-state index in [1.807, 2.05) is 0 Å². The van der Waals surface area contributed by atoms with Gasteiger partial charge in [-0.25, -0.2) is 8.42 Å². The summed E-state index contributed by atoms with van der Waals surface area (Å²) in [5.74, 6) is 0. The quantitative estimate of drug-likeness (QED) is 0.656. The van der Waals surface area contributed by atoms with Crippen LogP contribution in [-0.2, 0) is 10.0 Å². The molecule has 2 rings (SSSR count). The molecule has 2 N–H and O–H groups in total. The van der Waals surface area contributed by atoms with Crippen LogP contribution in [0.2, 0.25) is 5.02 Å². The second-order valence-electron chi connectivity index (χ2n) is 4.61. The predicted molar refractivity (Wildman–Crippen MR) is 81.3 cm³/mol. The van der Waals surface area contributed by atoms with Crippen molar-refractivity contribution >= 4 is 39.7 Å². The van der Waals surface area contributed by atoms with Gasteiger partial charge in [-0.05, 0) is 25.0 Å². The summed E-state index contributed by atoms with van der Waals surface area (Å²) in [6, 6.07) is 3.52. The van der Waals surface area contributed by atoms with E-state index in [-0.39, 0.29) is 41.5 Å². The Hall–Kier alpha value is -0.930.